The molecule has 0 fully saturated rings. The van der Waals surface area contributed by atoms with Crippen molar-refractivity contribution < 1.29 is 31.1 Å². The van der Waals surface area contributed by atoms with Crippen molar-refractivity contribution in [1.82, 2.24) is 0 Å². The monoisotopic (exact) mass is 786 g/mol. The summed E-state index contributed by atoms with van der Waals surface area (Å²) in [7, 11) is 13.4. The van der Waals surface area contributed by atoms with Crippen LogP contribution in [0.1, 0.15) is 46.2 Å². The third kappa shape index (κ3) is 7.38. The van der Waals surface area contributed by atoms with Gasteiger partial charge in [0.1, 0.15) is 11.2 Å². The minimum atomic E-state index is -1.04. The van der Waals surface area contributed by atoms with Crippen LogP contribution in [-0.4, -0.2) is 35.7 Å². The van der Waals surface area contributed by atoms with Crippen molar-refractivity contribution in [3.8, 4) is 22.3 Å². The average molecular weight is 789 g/mol. The fourth-order valence-corrected chi connectivity index (χ4v) is 7.35. The van der Waals surface area contributed by atoms with E-state index in [2.05, 4.69) is 34.3 Å². The first kappa shape index (κ1) is 36.8. The Morgan fingerprint density at radius 2 is 0.686 bits per heavy atom. The van der Waals surface area contributed by atoms with Crippen LogP contribution in [0.4, 0.5) is 0 Å². The summed E-state index contributed by atoms with van der Waals surface area (Å²) in [6.45, 7) is 0. The van der Waals surface area contributed by atoms with Crippen LogP contribution in [0.25, 0.3) is 22.3 Å². The Balaban J connectivity index is 0.000000163. The number of nitrogens with zero attached hydrogens (tertiary/aromatic N) is 2. The Hall–Kier alpha value is -3.96. The molecule has 0 saturated carbocycles. The molecule has 0 aromatic heterocycles. The predicted octanol–water partition coefficient (Wildman–Crippen LogP) is 10.2. The first-order valence-corrected chi connectivity index (χ1v) is 23.0. The summed E-state index contributed by atoms with van der Waals surface area (Å²) in [5.74, 6) is 0. The summed E-state index contributed by atoms with van der Waals surface area (Å²) >= 11 is -0.826. The topological polar surface area (TPSA) is 65.2 Å². The van der Waals surface area contributed by atoms with Crippen molar-refractivity contribution in [3.05, 3.63) is 191 Å². The van der Waals surface area contributed by atoms with Crippen molar-refractivity contribution in [2.45, 2.75) is 24.0 Å². The van der Waals surface area contributed by atoms with Gasteiger partial charge in [-0.1, -0.05) is 158 Å². The third-order valence-electron chi connectivity index (χ3n) is 9.67. The molecule has 0 amide bonds. The van der Waals surface area contributed by atoms with Gasteiger partial charge in [-0.25, -0.2) is 0 Å². The van der Waals surface area contributed by atoms with Gasteiger partial charge >= 0.3 is 37.9 Å². The summed E-state index contributed by atoms with van der Waals surface area (Å²) in [5, 5.41) is 23.4. The molecule has 0 heterocycles. The molecule has 0 saturated heterocycles. The second kappa shape index (κ2) is 16.6. The molecular weight excluding hydrogens is 751 g/mol. The van der Waals surface area contributed by atoms with E-state index in [-0.39, 0.29) is 0 Å². The Morgan fingerprint density at radius 3 is 0.941 bits per heavy atom. The summed E-state index contributed by atoms with van der Waals surface area (Å²) in [5.41, 5.74) is 10.1. The van der Waals surface area contributed by atoms with Gasteiger partial charge in [0.25, 0.3) is 0 Å². The van der Waals surface area contributed by atoms with Gasteiger partial charge in [-0.2, -0.15) is 0 Å². The number of benzene rings is 6. The van der Waals surface area contributed by atoms with Gasteiger partial charge in [0, 0.05) is 38.4 Å². The molecule has 0 aliphatic heterocycles. The van der Waals surface area contributed by atoms with E-state index in [1.54, 1.807) is 14.1 Å². The fourth-order valence-electron chi connectivity index (χ4n) is 7.35. The number of aliphatic imine (C=N–C) groups is 2. The molecule has 0 bridgehead atoms. The Morgan fingerprint density at radius 1 is 0.451 bits per heavy atom. The predicted molar refractivity (Wildman–Crippen MR) is 208 cm³/mol. The van der Waals surface area contributed by atoms with Crippen LogP contribution in [0.2, 0.25) is 0 Å². The molecule has 2 aliphatic carbocycles. The van der Waals surface area contributed by atoms with Gasteiger partial charge < -0.3 is 10.2 Å². The molecule has 6 aromatic carbocycles. The number of hydrogen-bond donors (Lipinski definition) is 2. The number of aliphatic hydroxyl groups is 2. The van der Waals surface area contributed by atoms with E-state index in [4.69, 9.17) is 17.0 Å². The number of rotatable bonds is 6. The Bertz CT molecular complexity index is 1920. The average Bonchev–Trinajstić information content (AvgIpc) is 3.59. The molecule has 0 atom stereocenters. The summed E-state index contributed by atoms with van der Waals surface area (Å²) in [6.07, 6.45) is 0.920. The Labute approximate surface area is 318 Å². The zero-order valence-electron chi connectivity index (χ0n) is 28.5. The van der Waals surface area contributed by atoms with Crippen LogP contribution < -0.4 is 0 Å². The zero-order valence-corrected chi connectivity index (χ0v) is 32.4. The molecule has 0 unspecified atom stereocenters. The third-order valence-corrected chi connectivity index (χ3v) is 9.67. The molecule has 0 radical (unpaired) electrons. The van der Waals surface area contributed by atoms with Crippen molar-refractivity contribution >= 4 is 28.4 Å². The first-order valence-electron chi connectivity index (χ1n) is 16.7. The quantitative estimate of drug-likeness (QED) is 0.165. The molecule has 2 aliphatic rings. The van der Waals surface area contributed by atoms with Crippen LogP contribution in [0.15, 0.2) is 168 Å². The standard InChI is InChI=1S/2C22H19NO.2ClH.Zr/c2*1-23-21(16-9-3-2-4-10-16)15-22(24)19-13-7-5-11-17(19)18-12-6-8-14-20(18)22;;;/h2*2-14,24H,15H2,1H3;2*1H;/q;;;;+2/p-2. The van der Waals surface area contributed by atoms with Crippen LogP contribution in [0.3, 0.4) is 0 Å². The molecule has 6 aromatic rings. The molecule has 4 nitrogen and oxygen atoms in total. The van der Waals surface area contributed by atoms with Crippen LogP contribution in [-0.2, 0) is 32.1 Å². The van der Waals surface area contributed by atoms with Gasteiger partial charge in [0.15, 0.2) is 0 Å². The number of halogens is 2. The van der Waals surface area contributed by atoms with E-state index in [1.807, 2.05) is 133 Å². The van der Waals surface area contributed by atoms with E-state index in [0.29, 0.717) is 12.8 Å². The first-order chi connectivity index (χ1) is 24.9. The van der Waals surface area contributed by atoms with Crippen molar-refractivity contribution in [3.63, 3.8) is 0 Å². The molecule has 51 heavy (non-hydrogen) atoms. The van der Waals surface area contributed by atoms with Crippen LogP contribution in [0.5, 0.6) is 0 Å². The van der Waals surface area contributed by atoms with E-state index in [1.165, 1.54) is 0 Å². The SMILES string of the molecule is CN=C(CC1(O)c2ccccc2-c2ccccc21)c1ccccc1.CN=C(CC1(O)c2ccccc2-c2ccccc21)c1ccccc1.[Cl][Zr][Cl]. The van der Waals surface area contributed by atoms with Gasteiger partial charge in [0.2, 0.25) is 0 Å². The number of fused-ring (bicyclic) bond motifs is 6. The number of hydrogen-bond acceptors (Lipinski definition) is 4. The molecule has 254 valence electrons. The normalized spacial score (nSPS) is 14.4. The van der Waals surface area contributed by atoms with E-state index in [9.17, 15) is 10.2 Å². The molecule has 8 rings (SSSR count). The summed E-state index contributed by atoms with van der Waals surface area (Å²) in [4.78, 5) is 8.94. The van der Waals surface area contributed by atoms with Crippen molar-refractivity contribution in [2.75, 3.05) is 14.1 Å². The van der Waals surface area contributed by atoms with E-state index < -0.39 is 32.1 Å². The molecule has 7 heteroatoms. The molecule has 0 spiro atoms. The summed E-state index contributed by atoms with van der Waals surface area (Å²) < 4.78 is 0. The van der Waals surface area contributed by atoms with Gasteiger partial charge in [0.05, 0.1) is 0 Å². The van der Waals surface area contributed by atoms with Gasteiger partial charge in [-0.05, 0) is 55.6 Å². The Kier molecular flexibility index (Phi) is 12.0. The molecular formula is C44H38Cl2N2O2Zr. The fraction of sp³-hybridized carbons (Fsp3) is 0.136. The molecule has 2 N–H and O–H groups in total. The maximum absolute atomic E-state index is 11.7. The zero-order chi connectivity index (χ0) is 35.8. The van der Waals surface area contributed by atoms with Crippen molar-refractivity contribution in [1.29, 1.82) is 0 Å². The van der Waals surface area contributed by atoms with Gasteiger partial charge in [-0.15, -0.1) is 0 Å². The van der Waals surface area contributed by atoms with E-state index >= 15 is 0 Å². The van der Waals surface area contributed by atoms with Crippen LogP contribution >= 0.6 is 17.0 Å². The maximum atomic E-state index is 11.7. The van der Waals surface area contributed by atoms with Gasteiger partial charge in [-0.3, -0.25) is 9.98 Å². The summed E-state index contributed by atoms with van der Waals surface area (Å²) in [6, 6.07) is 52.6. The second-order valence-electron chi connectivity index (χ2n) is 12.4. The second-order valence-corrected chi connectivity index (χ2v) is 16.1. The van der Waals surface area contributed by atoms with Crippen molar-refractivity contribution in [2.24, 2.45) is 9.98 Å². The van der Waals surface area contributed by atoms with E-state index in [0.717, 1.165) is 67.1 Å². The van der Waals surface area contributed by atoms with Crippen LogP contribution in [0, 0.1) is 0 Å². The minimum absolute atomic E-state index is 0.460.